The van der Waals surface area contributed by atoms with E-state index in [2.05, 4.69) is 5.32 Å². The summed E-state index contributed by atoms with van der Waals surface area (Å²) >= 11 is 11.7. The fourth-order valence-electron chi connectivity index (χ4n) is 1.62. The third-order valence-electron chi connectivity index (χ3n) is 2.59. The van der Waals surface area contributed by atoms with Crippen LogP contribution >= 0.6 is 23.2 Å². The van der Waals surface area contributed by atoms with E-state index in [1.807, 2.05) is 25.1 Å². The molecule has 0 saturated heterocycles. The monoisotopic (exact) mass is 283 g/mol. The molecule has 0 aromatic heterocycles. The van der Waals surface area contributed by atoms with Crippen LogP contribution in [-0.2, 0) is 6.54 Å². The molecule has 2 aromatic rings. The number of anilines is 1. The molecule has 0 aliphatic rings. The van der Waals surface area contributed by atoms with Crippen LogP contribution in [0, 0.1) is 12.7 Å². The molecule has 0 aliphatic carbocycles. The van der Waals surface area contributed by atoms with E-state index in [0.717, 1.165) is 16.8 Å². The van der Waals surface area contributed by atoms with Crippen LogP contribution in [0.3, 0.4) is 0 Å². The molecule has 0 fully saturated rings. The summed E-state index contributed by atoms with van der Waals surface area (Å²) in [6, 6.07) is 10.5. The van der Waals surface area contributed by atoms with Crippen molar-refractivity contribution in [2.45, 2.75) is 13.5 Å². The summed E-state index contributed by atoms with van der Waals surface area (Å²) in [5, 5.41) is 3.96. The molecule has 0 aliphatic heterocycles. The van der Waals surface area contributed by atoms with Gasteiger partial charge < -0.3 is 5.32 Å². The number of aryl methyl sites for hydroxylation is 1. The molecule has 1 N–H and O–H groups in total. The highest BCUT2D eigenvalue weighted by atomic mass is 35.5. The second-order valence-corrected chi connectivity index (χ2v) is 4.90. The molecule has 4 heteroatoms. The Bertz CT molecular complexity index is 570. The maximum absolute atomic E-state index is 13.3. The van der Waals surface area contributed by atoms with Gasteiger partial charge in [0.1, 0.15) is 5.82 Å². The number of benzene rings is 2. The molecule has 1 nitrogen and oxygen atoms in total. The van der Waals surface area contributed by atoms with E-state index >= 15 is 0 Å². The molecule has 0 radical (unpaired) electrons. The van der Waals surface area contributed by atoms with E-state index in [9.17, 15) is 4.39 Å². The Morgan fingerprint density at radius 2 is 1.78 bits per heavy atom. The summed E-state index contributed by atoms with van der Waals surface area (Å²) < 4.78 is 13.3. The maximum atomic E-state index is 13.3. The van der Waals surface area contributed by atoms with E-state index in [1.165, 1.54) is 6.07 Å². The van der Waals surface area contributed by atoms with Crippen LogP contribution in [0.5, 0.6) is 0 Å². The molecule has 18 heavy (non-hydrogen) atoms. The van der Waals surface area contributed by atoms with Gasteiger partial charge in [-0.1, -0.05) is 35.3 Å². The van der Waals surface area contributed by atoms with Crippen molar-refractivity contribution in [3.05, 3.63) is 63.4 Å². The molecular formula is C14H12Cl2FN. The van der Waals surface area contributed by atoms with E-state index in [-0.39, 0.29) is 5.02 Å². The van der Waals surface area contributed by atoms with Crippen molar-refractivity contribution in [1.82, 2.24) is 0 Å². The Balaban J connectivity index is 2.11. The third kappa shape index (κ3) is 3.15. The van der Waals surface area contributed by atoms with Gasteiger partial charge in [0, 0.05) is 6.54 Å². The second-order valence-electron chi connectivity index (χ2n) is 4.09. The molecule has 0 bridgehead atoms. The van der Waals surface area contributed by atoms with Gasteiger partial charge in [0.2, 0.25) is 0 Å². The van der Waals surface area contributed by atoms with Crippen molar-refractivity contribution in [2.24, 2.45) is 0 Å². The topological polar surface area (TPSA) is 12.0 Å². The Hall–Kier alpha value is -1.25. The molecule has 0 atom stereocenters. The highest BCUT2D eigenvalue weighted by Crippen LogP contribution is 2.24. The van der Waals surface area contributed by atoms with Crippen LogP contribution in [0.25, 0.3) is 0 Å². The number of rotatable bonds is 3. The predicted molar refractivity (Wildman–Crippen MR) is 74.9 cm³/mol. The number of halogens is 3. The molecule has 94 valence electrons. The first-order valence-corrected chi connectivity index (χ1v) is 6.26. The summed E-state index contributed by atoms with van der Waals surface area (Å²) in [5.74, 6) is -0.411. The van der Waals surface area contributed by atoms with Crippen molar-refractivity contribution in [2.75, 3.05) is 5.32 Å². The van der Waals surface area contributed by atoms with Gasteiger partial charge >= 0.3 is 0 Å². The smallest absolute Gasteiger partial charge is 0.142 e. The Kier molecular flexibility index (Phi) is 4.10. The van der Waals surface area contributed by atoms with E-state index in [1.54, 1.807) is 12.1 Å². The normalized spacial score (nSPS) is 10.4. The molecular weight excluding hydrogens is 272 g/mol. The minimum absolute atomic E-state index is 0.132. The zero-order chi connectivity index (χ0) is 13.1. The molecule has 0 spiro atoms. The Labute approximate surface area is 116 Å². The first-order chi connectivity index (χ1) is 8.56. The fraction of sp³-hybridized carbons (Fsp3) is 0.143. The van der Waals surface area contributed by atoms with Crippen molar-refractivity contribution in [3.8, 4) is 0 Å². The highest BCUT2D eigenvalue weighted by molar-refractivity contribution is 6.33. The van der Waals surface area contributed by atoms with E-state index < -0.39 is 5.82 Å². The van der Waals surface area contributed by atoms with Crippen LogP contribution in [0.15, 0.2) is 36.4 Å². The zero-order valence-corrected chi connectivity index (χ0v) is 11.3. The van der Waals surface area contributed by atoms with Gasteiger partial charge in [-0.2, -0.15) is 0 Å². The Morgan fingerprint density at radius 3 is 2.50 bits per heavy atom. The lowest BCUT2D eigenvalue weighted by Gasteiger charge is -2.09. The maximum Gasteiger partial charge on any atom is 0.142 e. The lowest BCUT2D eigenvalue weighted by Crippen LogP contribution is -2.00. The average molecular weight is 284 g/mol. The van der Waals surface area contributed by atoms with Crippen molar-refractivity contribution in [3.63, 3.8) is 0 Å². The number of nitrogens with one attached hydrogen (secondary N) is 1. The van der Waals surface area contributed by atoms with Gasteiger partial charge in [0.25, 0.3) is 0 Å². The lowest BCUT2D eigenvalue weighted by molar-refractivity contribution is 0.626. The van der Waals surface area contributed by atoms with Crippen LogP contribution in [0.4, 0.5) is 10.1 Å². The largest absolute Gasteiger partial charge is 0.380 e. The Morgan fingerprint density at radius 1 is 1.06 bits per heavy atom. The summed E-state index contributed by atoms with van der Waals surface area (Å²) in [5.41, 5.74) is 2.77. The number of hydrogen-bond acceptors (Lipinski definition) is 1. The SMILES string of the molecule is Cc1ccc(Cl)c(NCc2ccc(Cl)c(F)c2)c1. The third-order valence-corrected chi connectivity index (χ3v) is 3.22. The van der Waals surface area contributed by atoms with Gasteiger partial charge in [-0.15, -0.1) is 0 Å². The molecule has 2 rings (SSSR count). The molecule has 0 heterocycles. The van der Waals surface area contributed by atoms with E-state index in [0.29, 0.717) is 11.6 Å². The van der Waals surface area contributed by atoms with Gasteiger partial charge in [-0.25, -0.2) is 4.39 Å². The summed E-state index contributed by atoms with van der Waals surface area (Å²) in [4.78, 5) is 0. The minimum Gasteiger partial charge on any atom is -0.380 e. The minimum atomic E-state index is -0.411. The van der Waals surface area contributed by atoms with Gasteiger partial charge in [0.05, 0.1) is 15.7 Å². The van der Waals surface area contributed by atoms with Crippen LogP contribution in [0.2, 0.25) is 10.0 Å². The highest BCUT2D eigenvalue weighted by Gasteiger charge is 2.03. The van der Waals surface area contributed by atoms with Crippen LogP contribution < -0.4 is 5.32 Å². The van der Waals surface area contributed by atoms with Crippen LogP contribution in [-0.4, -0.2) is 0 Å². The first-order valence-electron chi connectivity index (χ1n) is 5.50. The molecule has 0 amide bonds. The van der Waals surface area contributed by atoms with E-state index in [4.69, 9.17) is 23.2 Å². The summed E-state index contributed by atoms with van der Waals surface area (Å²) in [6.45, 7) is 2.49. The van der Waals surface area contributed by atoms with Gasteiger partial charge in [0.15, 0.2) is 0 Å². The predicted octanol–water partition coefficient (Wildman–Crippen LogP) is 5.05. The van der Waals surface area contributed by atoms with Gasteiger partial charge in [-0.05, 0) is 42.3 Å². The summed E-state index contributed by atoms with van der Waals surface area (Å²) in [6.07, 6.45) is 0. The quantitative estimate of drug-likeness (QED) is 0.831. The molecule has 2 aromatic carbocycles. The second kappa shape index (κ2) is 5.59. The standard InChI is InChI=1S/C14H12Cl2FN/c1-9-2-4-12(16)14(6-9)18-8-10-3-5-11(15)13(17)7-10/h2-7,18H,8H2,1H3. The van der Waals surface area contributed by atoms with Gasteiger partial charge in [-0.3, -0.25) is 0 Å². The lowest BCUT2D eigenvalue weighted by atomic mass is 10.2. The molecule has 0 unspecified atom stereocenters. The van der Waals surface area contributed by atoms with Crippen molar-refractivity contribution >= 4 is 28.9 Å². The average Bonchev–Trinajstić information content (AvgIpc) is 2.34. The van der Waals surface area contributed by atoms with Crippen LogP contribution in [0.1, 0.15) is 11.1 Å². The van der Waals surface area contributed by atoms with Crippen molar-refractivity contribution in [1.29, 1.82) is 0 Å². The van der Waals surface area contributed by atoms with Crippen molar-refractivity contribution < 1.29 is 4.39 Å². The first kappa shape index (κ1) is 13.2. The summed E-state index contributed by atoms with van der Waals surface area (Å²) in [7, 11) is 0. The number of hydrogen-bond donors (Lipinski definition) is 1. The molecule has 0 saturated carbocycles. The fourth-order valence-corrected chi connectivity index (χ4v) is 1.92. The zero-order valence-electron chi connectivity index (χ0n) is 9.81.